The van der Waals surface area contributed by atoms with Crippen molar-refractivity contribution in [2.75, 3.05) is 26.8 Å². The van der Waals surface area contributed by atoms with E-state index in [-0.39, 0.29) is 12.0 Å². The Labute approximate surface area is 107 Å². The molecule has 1 aromatic carbocycles. The molecule has 1 fully saturated rings. The maximum Gasteiger partial charge on any atom is 0.137 e. The Morgan fingerprint density at radius 2 is 2.12 bits per heavy atom. The lowest BCUT2D eigenvalue weighted by molar-refractivity contribution is 0.158. The quantitative estimate of drug-likeness (QED) is 0.868. The van der Waals surface area contributed by atoms with Gasteiger partial charge in [-0.2, -0.15) is 0 Å². The molecule has 0 amide bonds. The van der Waals surface area contributed by atoms with Crippen LogP contribution in [0.5, 0.6) is 5.75 Å². The van der Waals surface area contributed by atoms with Crippen LogP contribution in [0.25, 0.3) is 0 Å². The highest BCUT2D eigenvalue weighted by molar-refractivity contribution is 6.32. The van der Waals surface area contributed by atoms with Gasteiger partial charge in [0.1, 0.15) is 5.75 Å². The number of halogens is 1. The van der Waals surface area contributed by atoms with Gasteiger partial charge in [-0.1, -0.05) is 17.7 Å². The van der Waals surface area contributed by atoms with Gasteiger partial charge in [0.15, 0.2) is 0 Å². The lowest BCUT2D eigenvalue weighted by Crippen LogP contribution is -2.42. The predicted molar refractivity (Wildman–Crippen MR) is 68.9 cm³/mol. The number of aliphatic hydroxyl groups is 1. The lowest BCUT2D eigenvalue weighted by atomic mass is 9.74. The molecule has 2 N–H and O–H groups in total. The smallest absolute Gasteiger partial charge is 0.137 e. The van der Waals surface area contributed by atoms with Crippen molar-refractivity contribution < 1.29 is 9.84 Å². The van der Waals surface area contributed by atoms with Gasteiger partial charge in [-0.15, -0.1) is 0 Å². The zero-order valence-corrected chi connectivity index (χ0v) is 10.8. The van der Waals surface area contributed by atoms with E-state index < -0.39 is 0 Å². The van der Waals surface area contributed by atoms with Gasteiger partial charge in [0, 0.05) is 5.41 Å². The molecule has 0 aromatic heterocycles. The molecule has 0 atom stereocenters. The second-order valence-electron chi connectivity index (χ2n) is 4.54. The number of rotatable bonds is 3. The van der Waals surface area contributed by atoms with Gasteiger partial charge >= 0.3 is 0 Å². The number of benzene rings is 1. The summed E-state index contributed by atoms with van der Waals surface area (Å²) in [6, 6.07) is 5.80. The van der Waals surface area contributed by atoms with E-state index in [1.807, 2.05) is 18.2 Å². The Hall–Kier alpha value is -0.770. The number of hydrogen-bond acceptors (Lipinski definition) is 3. The average Bonchev–Trinajstić information content (AvgIpc) is 2.39. The van der Waals surface area contributed by atoms with E-state index in [4.69, 9.17) is 16.3 Å². The van der Waals surface area contributed by atoms with Crippen LogP contribution < -0.4 is 10.1 Å². The minimum absolute atomic E-state index is 0.152. The second kappa shape index (κ2) is 5.25. The van der Waals surface area contributed by atoms with Crippen LogP contribution >= 0.6 is 11.6 Å². The van der Waals surface area contributed by atoms with E-state index >= 15 is 0 Å². The summed E-state index contributed by atoms with van der Waals surface area (Å²) in [4.78, 5) is 0. The lowest BCUT2D eigenvalue weighted by Gasteiger charge is -2.36. The largest absolute Gasteiger partial charge is 0.495 e. The average molecular weight is 256 g/mol. The van der Waals surface area contributed by atoms with Crippen LogP contribution in [0, 0.1) is 0 Å². The van der Waals surface area contributed by atoms with Crippen LogP contribution in [0.4, 0.5) is 0 Å². The number of methoxy groups -OCH3 is 1. The fourth-order valence-electron chi connectivity index (χ4n) is 2.44. The summed E-state index contributed by atoms with van der Waals surface area (Å²) in [7, 11) is 1.60. The molecule has 0 bridgehead atoms. The van der Waals surface area contributed by atoms with Crippen LogP contribution in [0.2, 0.25) is 5.02 Å². The third-order valence-corrected chi connectivity index (χ3v) is 3.92. The molecule has 0 spiro atoms. The van der Waals surface area contributed by atoms with E-state index in [0.717, 1.165) is 31.5 Å². The summed E-state index contributed by atoms with van der Waals surface area (Å²) < 4.78 is 5.15. The number of hydrogen-bond donors (Lipinski definition) is 2. The van der Waals surface area contributed by atoms with Gasteiger partial charge < -0.3 is 15.2 Å². The molecule has 3 nitrogen and oxygen atoms in total. The molecule has 0 unspecified atom stereocenters. The van der Waals surface area contributed by atoms with Crippen molar-refractivity contribution in [1.82, 2.24) is 5.32 Å². The van der Waals surface area contributed by atoms with Crippen LogP contribution in [0.3, 0.4) is 0 Å². The van der Waals surface area contributed by atoms with Crippen LogP contribution in [-0.2, 0) is 5.41 Å². The van der Waals surface area contributed by atoms with Crippen LogP contribution in [0.15, 0.2) is 18.2 Å². The van der Waals surface area contributed by atoms with E-state index in [9.17, 15) is 5.11 Å². The fourth-order valence-corrected chi connectivity index (χ4v) is 2.70. The first-order chi connectivity index (χ1) is 8.22. The van der Waals surface area contributed by atoms with Crippen LogP contribution in [0.1, 0.15) is 18.4 Å². The normalized spacial score (nSPS) is 19.0. The minimum atomic E-state index is -0.152. The Balaban J connectivity index is 2.33. The first-order valence-electron chi connectivity index (χ1n) is 5.87. The summed E-state index contributed by atoms with van der Waals surface area (Å²) in [5.74, 6) is 0.678. The predicted octanol–water partition coefficient (Wildman–Crippen LogP) is 1.96. The van der Waals surface area contributed by atoms with E-state index in [0.29, 0.717) is 10.8 Å². The number of aliphatic hydroxyl groups excluding tert-OH is 1. The summed E-state index contributed by atoms with van der Waals surface area (Å²) in [5, 5.41) is 13.6. The molecule has 17 heavy (non-hydrogen) atoms. The standard InChI is InChI=1S/C13H18ClNO2/c1-17-12-3-2-10(8-11(12)14)13(9-16)4-6-15-7-5-13/h2-3,8,15-16H,4-7,9H2,1H3. The molecule has 1 aliphatic rings. The van der Waals surface area contributed by atoms with E-state index in [1.165, 1.54) is 0 Å². The molecule has 94 valence electrons. The monoisotopic (exact) mass is 255 g/mol. The molecule has 1 aromatic rings. The zero-order chi connectivity index (χ0) is 12.3. The van der Waals surface area contributed by atoms with Gasteiger partial charge in [-0.3, -0.25) is 0 Å². The molecule has 1 aliphatic heterocycles. The number of piperidine rings is 1. The molecule has 0 aliphatic carbocycles. The van der Waals surface area contributed by atoms with Gasteiger partial charge in [0.05, 0.1) is 18.7 Å². The first-order valence-corrected chi connectivity index (χ1v) is 6.25. The highest BCUT2D eigenvalue weighted by Crippen LogP contribution is 2.36. The fraction of sp³-hybridized carbons (Fsp3) is 0.538. The molecule has 0 radical (unpaired) electrons. The molecular weight excluding hydrogens is 238 g/mol. The Morgan fingerprint density at radius 1 is 1.41 bits per heavy atom. The van der Waals surface area contributed by atoms with Crippen LogP contribution in [-0.4, -0.2) is 31.9 Å². The topological polar surface area (TPSA) is 41.5 Å². The van der Waals surface area contributed by atoms with Gasteiger partial charge in [0.2, 0.25) is 0 Å². The highest BCUT2D eigenvalue weighted by Gasteiger charge is 2.33. The zero-order valence-electron chi connectivity index (χ0n) is 10.0. The summed E-state index contributed by atoms with van der Waals surface area (Å²) in [6.07, 6.45) is 1.87. The number of ether oxygens (including phenoxy) is 1. The Bertz CT molecular complexity index is 389. The summed E-state index contributed by atoms with van der Waals surface area (Å²) in [5.41, 5.74) is 0.952. The highest BCUT2D eigenvalue weighted by atomic mass is 35.5. The van der Waals surface area contributed by atoms with Crippen molar-refractivity contribution in [3.05, 3.63) is 28.8 Å². The molecule has 2 rings (SSSR count). The third-order valence-electron chi connectivity index (χ3n) is 3.63. The van der Waals surface area contributed by atoms with Gasteiger partial charge in [0.25, 0.3) is 0 Å². The maximum absolute atomic E-state index is 9.71. The van der Waals surface area contributed by atoms with E-state index in [1.54, 1.807) is 7.11 Å². The SMILES string of the molecule is COc1ccc(C2(CO)CCNCC2)cc1Cl. The Morgan fingerprint density at radius 3 is 2.65 bits per heavy atom. The first kappa shape index (κ1) is 12.7. The van der Waals surface area contributed by atoms with Crippen molar-refractivity contribution in [2.24, 2.45) is 0 Å². The molecule has 1 saturated heterocycles. The summed E-state index contributed by atoms with van der Waals surface area (Å²) in [6.45, 7) is 2.03. The summed E-state index contributed by atoms with van der Waals surface area (Å²) >= 11 is 6.15. The maximum atomic E-state index is 9.71. The van der Waals surface area contributed by atoms with Crippen molar-refractivity contribution in [3.63, 3.8) is 0 Å². The molecule has 0 saturated carbocycles. The minimum Gasteiger partial charge on any atom is -0.495 e. The van der Waals surface area contributed by atoms with E-state index in [2.05, 4.69) is 5.32 Å². The van der Waals surface area contributed by atoms with Crippen molar-refractivity contribution in [1.29, 1.82) is 0 Å². The van der Waals surface area contributed by atoms with Gasteiger partial charge in [-0.05, 0) is 43.6 Å². The molecule has 4 heteroatoms. The van der Waals surface area contributed by atoms with Gasteiger partial charge in [-0.25, -0.2) is 0 Å². The van der Waals surface area contributed by atoms with Crippen molar-refractivity contribution in [3.8, 4) is 5.75 Å². The third kappa shape index (κ3) is 2.41. The second-order valence-corrected chi connectivity index (χ2v) is 4.94. The van der Waals surface area contributed by atoms with Crippen molar-refractivity contribution in [2.45, 2.75) is 18.3 Å². The Kier molecular flexibility index (Phi) is 3.92. The molecular formula is C13H18ClNO2. The molecule has 1 heterocycles. The van der Waals surface area contributed by atoms with Crippen molar-refractivity contribution >= 4 is 11.6 Å². The number of nitrogens with one attached hydrogen (secondary N) is 1.